The topological polar surface area (TPSA) is 45.8 Å². The van der Waals surface area contributed by atoms with Crippen molar-refractivity contribution in [3.05, 3.63) is 51.5 Å². The second-order valence-corrected chi connectivity index (χ2v) is 3.56. The molecule has 76 valence electrons. The van der Waals surface area contributed by atoms with Crippen LogP contribution in [-0.4, -0.2) is 9.97 Å². The molecule has 3 nitrogen and oxygen atoms in total. The third-order valence-electron chi connectivity index (χ3n) is 2.08. The molecule has 2 aromatic rings. The van der Waals surface area contributed by atoms with Crippen molar-refractivity contribution in [1.29, 1.82) is 0 Å². The molecule has 0 spiro atoms. The summed E-state index contributed by atoms with van der Waals surface area (Å²) in [4.78, 5) is 18.3. The molecule has 0 unspecified atom stereocenters. The van der Waals surface area contributed by atoms with Crippen LogP contribution in [0, 0.1) is 6.92 Å². The lowest BCUT2D eigenvalue weighted by molar-refractivity contribution is 1.08. The van der Waals surface area contributed by atoms with E-state index in [-0.39, 0.29) is 5.56 Å². The molecule has 2 rings (SSSR count). The third kappa shape index (κ3) is 1.92. The maximum Gasteiger partial charge on any atom is 0.275 e. The molecule has 0 amide bonds. The van der Waals surface area contributed by atoms with Gasteiger partial charge in [-0.1, -0.05) is 41.9 Å². The Labute approximate surface area is 91.8 Å². The van der Waals surface area contributed by atoms with Crippen molar-refractivity contribution < 1.29 is 0 Å². The molecule has 0 saturated heterocycles. The van der Waals surface area contributed by atoms with E-state index in [9.17, 15) is 4.79 Å². The van der Waals surface area contributed by atoms with Crippen molar-refractivity contribution in [2.75, 3.05) is 0 Å². The molecule has 15 heavy (non-hydrogen) atoms. The highest BCUT2D eigenvalue weighted by molar-refractivity contribution is 6.29. The molecule has 1 aromatic heterocycles. The van der Waals surface area contributed by atoms with Gasteiger partial charge in [0.05, 0.1) is 5.69 Å². The van der Waals surface area contributed by atoms with Crippen LogP contribution in [-0.2, 0) is 0 Å². The van der Waals surface area contributed by atoms with Crippen LogP contribution in [0.15, 0.2) is 35.1 Å². The molecule has 0 atom stereocenters. The molecular formula is C11H9ClN2O. The fourth-order valence-corrected chi connectivity index (χ4v) is 1.44. The van der Waals surface area contributed by atoms with Crippen LogP contribution in [0.5, 0.6) is 0 Å². The predicted octanol–water partition coefficient (Wildman–Crippen LogP) is 2.40. The summed E-state index contributed by atoms with van der Waals surface area (Å²) in [5, 5.41) is 0.291. The summed E-state index contributed by atoms with van der Waals surface area (Å²) in [6.45, 7) is 1.75. The predicted molar refractivity (Wildman–Crippen MR) is 60.0 cm³/mol. The number of aryl methyl sites for hydroxylation is 1. The lowest BCUT2D eigenvalue weighted by atomic mass is 10.1. The zero-order valence-corrected chi connectivity index (χ0v) is 8.88. The Bertz CT molecular complexity index is 534. The number of nitrogens with zero attached hydrogens (tertiary/aromatic N) is 1. The SMILES string of the molecule is Cc1nc(-c2ccccc2)c(=O)[nH]c1Cl. The van der Waals surface area contributed by atoms with Crippen molar-refractivity contribution in [2.45, 2.75) is 6.92 Å². The number of nitrogens with one attached hydrogen (secondary N) is 1. The smallest absolute Gasteiger partial charge is 0.275 e. The van der Waals surface area contributed by atoms with Gasteiger partial charge in [-0.2, -0.15) is 0 Å². The molecule has 0 saturated carbocycles. The Morgan fingerprint density at radius 3 is 2.60 bits per heavy atom. The van der Waals surface area contributed by atoms with Gasteiger partial charge in [0.2, 0.25) is 0 Å². The summed E-state index contributed by atoms with van der Waals surface area (Å²) < 4.78 is 0. The minimum atomic E-state index is -0.267. The summed E-state index contributed by atoms with van der Waals surface area (Å²) in [5.41, 5.74) is 1.54. The van der Waals surface area contributed by atoms with Crippen LogP contribution in [0.2, 0.25) is 5.15 Å². The molecule has 0 aliphatic heterocycles. The number of hydrogen-bond acceptors (Lipinski definition) is 2. The van der Waals surface area contributed by atoms with E-state index < -0.39 is 0 Å². The van der Waals surface area contributed by atoms with Crippen LogP contribution in [0.4, 0.5) is 0 Å². The fourth-order valence-electron chi connectivity index (χ4n) is 1.31. The van der Waals surface area contributed by atoms with Gasteiger partial charge in [-0.3, -0.25) is 4.79 Å². The van der Waals surface area contributed by atoms with E-state index >= 15 is 0 Å². The van der Waals surface area contributed by atoms with E-state index in [4.69, 9.17) is 11.6 Å². The van der Waals surface area contributed by atoms with Crippen LogP contribution in [0.3, 0.4) is 0 Å². The van der Waals surface area contributed by atoms with Gasteiger partial charge < -0.3 is 4.98 Å². The number of rotatable bonds is 1. The summed E-state index contributed by atoms with van der Waals surface area (Å²) in [6.07, 6.45) is 0. The Hall–Kier alpha value is -1.61. The number of halogens is 1. The average molecular weight is 221 g/mol. The summed E-state index contributed by atoms with van der Waals surface area (Å²) in [7, 11) is 0. The number of aromatic nitrogens is 2. The first-order chi connectivity index (χ1) is 7.18. The van der Waals surface area contributed by atoms with E-state index in [2.05, 4.69) is 9.97 Å². The van der Waals surface area contributed by atoms with Crippen molar-refractivity contribution in [2.24, 2.45) is 0 Å². The molecule has 1 N–H and O–H groups in total. The van der Waals surface area contributed by atoms with E-state index in [0.29, 0.717) is 16.5 Å². The lowest BCUT2D eigenvalue weighted by Gasteiger charge is -2.02. The molecule has 4 heteroatoms. The summed E-state index contributed by atoms with van der Waals surface area (Å²) >= 11 is 5.76. The Morgan fingerprint density at radius 1 is 1.27 bits per heavy atom. The van der Waals surface area contributed by atoms with E-state index in [1.54, 1.807) is 6.92 Å². The maximum atomic E-state index is 11.6. The standard InChI is InChI=1S/C11H9ClN2O/c1-7-10(12)14-11(15)9(13-7)8-5-3-2-4-6-8/h2-6H,1H3,(H,14,15). The van der Waals surface area contributed by atoms with Gasteiger partial charge >= 0.3 is 0 Å². The minimum Gasteiger partial charge on any atom is -0.310 e. The van der Waals surface area contributed by atoms with Crippen LogP contribution in [0.1, 0.15) is 5.69 Å². The second-order valence-electron chi connectivity index (χ2n) is 3.18. The largest absolute Gasteiger partial charge is 0.310 e. The maximum absolute atomic E-state index is 11.6. The van der Waals surface area contributed by atoms with E-state index in [1.807, 2.05) is 30.3 Å². The second kappa shape index (κ2) is 3.87. The Morgan fingerprint density at radius 2 is 1.93 bits per heavy atom. The highest BCUT2D eigenvalue weighted by Crippen LogP contribution is 2.14. The van der Waals surface area contributed by atoms with Gasteiger partial charge in [-0.15, -0.1) is 0 Å². The lowest BCUT2D eigenvalue weighted by Crippen LogP contribution is -2.12. The normalized spacial score (nSPS) is 10.3. The fraction of sp³-hybridized carbons (Fsp3) is 0.0909. The minimum absolute atomic E-state index is 0.267. The highest BCUT2D eigenvalue weighted by Gasteiger charge is 2.07. The molecule has 0 radical (unpaired) electrons. The number of benzene rings is 1. The molecular weight excluding hydrogens is 212 g/mol. The van der Waals surface area contributed by atoms with Crippen molar-refractivity contribution in [3.8, 4) is 11.3 Å². The van der Waals surface area contributed by atoms with Crippen LogP contribution >= 0.6 is 11.6 Å². The molecule has 0 aliphatic rings. The van der Waals surface area contributed by atoms with Crippen molar-refractivity contribution in [1.82, 2.24) is 9.97 Å². The van der Waals surface area contributed by atoms with Gasteiger partial charge in [-0.25, -0.2) is 4.98 Å². The monoisotopic (exact) mass is 220 g/mol. The van der Waals surface area contributed by atoms with Gasteiger partial charge in [0.1, 0.15) is 10.8 Å². The van der Waals surface area contributed by atoms with E-state index in [0.717, 1.165) is 5.56 Å². The Balaban J connectivity index is 2.65. The molecule has 0 fully saturated rings. The highest BCUT2D eigenvalue weighted by atomic mass is 35.5. The number of aromatic amines is 1. The zero-order chi connectivity index (χ0) is 10.8. The molecule has 0 bridgehead atoms. The Kier molecular flexibility index (Phi) is 2.56. The van der Waals surface area contributed by atoms with Crippen LogP contribution in [0.25, 0.3) is 11.3 Å². The average Bonchev–Trinajstić information content (AvgIpc) is 2.25. The van der Waals surface area contributed by atoms with Gasteiger partial charge in [0.15, 0.2) is 0 Å². The van der Waals surface area contributed by atoms with Crippen LogP contribution < -0.4 is 5.56 Å². The molecule has 0 aliphatic carbocycles. The van der Waals surface area contributed by atoms with Crippen molar-refractivity contribution in [3.63, 3.8) is 0 Å². The van der Waals surface area contributed by atoms with Gasteiger partial charge in [-0.05, 0) is 6.92 Å². The van der Waals surface area contributed by atoms with Crippen molar-refractivity contribution >= 4 is 11.6 Å². The first-order valence-corrected chi connectivity index (χ1v) is 4.88. The summed E-state index contributed by atoms with van der Waals surface area (Å²) in [5.74, 6) is 0. The number of H-pyrrole nitrogens is 1. The van der Waals surface area contributed by atoms with Gasteiger partial charge in [0.25, 0.3) is 5.56 Å². The first-order valence-electron chi connectivity index (χ1n) is 4.50. The third-order valence-corrected chi connectivity index (χ3v) is 2.45. The quantitative estimate of drug-likeness (QED) is 0.802. The van der Waals surface area contributed by atoms with Gasteiger partial charge in [0, 0.05) is 5.56 Å². The molecule has 1 aromatic carbocycles. The first kappa shape index (κ1) is 9.93. The molecule has 1 heterocycles. The zero-order valence-electron chi connectivity index (χ0n) is 8.12. The number of hydrogen-bond donors (Lipinski definition) is 1. The van der Waals surface area contributed by atoms with E-state index in [1.165, 1.54) is 0 Å². The summed E-state index contributed by atoms with van der Waals surface area (Å²) in [6, 6.07) is 9.29.